The van der Waals surface area contributed by atoms with E-state index in [9.17, 15) is 26.9 Å². The zero-order chi connectivity index (χ0) is 36.0. The standard InChI is InChI=1S/C36H47F3N8O2S/c1-25(44-12-14-46(15-13-44)50(3,48)49)21-47-29(19-40)17-30-26(2)28(5-7-33(30)47)22-43-10-8-35(9-11-43)23-45(24-35)34(20-41)31-16-27(4-6-32(31)42)18-36(37,38)39/h4-7,16-17,20,25H,8-15,18,21-24,41-42H2,1-3H3/b34-20+. The van der Waals surface area contributed by atoms with E-state index in [0.717, 1.165) is 56.5 Å². The number of piperazine rings is 1. The van der Waals surface area contributed by atoms with Crippen LogP contribution in [-0.2, 0) is 29.5 Å². The van der Waals surface area contributed by atoms with Crippen LogP contribution in [0.15, 0.2) is 42.6 Å². The van der Waals surface area contributed by atoms with Gasteiger partial charge in [0.1, 0.15) is 11.8 Å². The summed E-state index contributed by atoms with van der Waals surface area (Å²) in [5.74, 6) is 0. The maximum absolute atomic E-state index is 13.0. The van der Waals surface area contributed by atoms with E-state index < -0.39 is 22.6 Å². The van der Waals surface area contributed by atoms with Crippen LogP contribution in [-0.4, -0.2) is 103 Å². The lowest BCUT2D eigenvalue weighted by atomic mass is 9.71. The average Bonchev–Trinajstić information content (AvgIpc) is 3.41. The van der Waals surface area contributed by atoms with Crippen LogP contribution in [0.25, 0.3) is 16.6 Å². The van der Waals surface area contributed by atoms with E-state index in [0.29, 0.717) is 55.4 Å². The fraction of sp³-hybridized carbons (Fsp3) is 0.528. The van der Waals surface area contributed by atoms with Crippen molar-refractivity contribution in [3.63, 3.8) is 0 Å². The molecular weight excluding hydrogens is 666 g/mol. The third kappa shape index (κ3) is 7.46. The molecule has 4 N–H and O–H groups in total. The maximum Gasteiger partial charge on any atom is 0.393 e. The first-order chi connectivity index (χ1) is 23.6. The summed E-state index contributed by atoms with van der Waals surface area (Å²) in [5, 5.41) is 11.1. The van der Waals surface area contributed by atoms with Gasteiger partial charge in [-0.15, -0.1) is 0 Å². The number of halogens is 3. The van der Waals surface area contributed by atoms with Crippen molar-refractivity contribution in [2.75, 3.05) is 64.3 Å². The maximum atomic E-state index is 13.0. The van der Waals surface area contributed by atoms with E-state index in [1.54, 1.807) is 0 Å². The number of nitrogens with zero attached hydrogens (tertiary/aromatic N) is 6. The number of nitrogens with two attached hydrogens (primary N) is 2. The highest BCUT2D eigenvalue weighted by molar-refractivity contribution is 7.88. The molecule has 2 aromatic carbocycles. The van der Waals surface area contributed by atoms with Gasteiger partial charge in [-0.3, -0.25) is 9.80 Å². The first-order valence-corrected chi connectivity index (χ1v) is 19.0. The highest BCUT2D eigenvalue weighted by atomic mass is 32.2. The Morgan fingerprint density at radius 1 is 1.06 bits per heavy atom. The second-order valence-electron chi connectivity index (χ2n) is 14.5. The van der Waals surface area contributed by atoms with Crippen LogP contribution < -0.4 is 11.5 Å². The van der Waals surface area contributed by atoms with E-state index in [1.165, 1.54) is 46.1 Å². The van der Waals surface area contributed by atoms with Gasteiger partial charge in [0, 0.05) is 92.2 Å². The molecule has 3 aliphatic rings. The van der Waals surface area contributed by atoms with Gasteiger partial charge < -0.3 is 20.9 Å². The van der Waals surface area contributed by atoms with Crippen molar-refractivity contribution < 1.29 is 21.6 Å². The second-order valence-corrected chi connectivity index (χ2v) is 16.5. The first-order valence-electron chi connectivity index (χ1n) is 17.2. The van der Waals surface area contributed by atoms with Gasteiger partial charge in [-0.1, -0.05) is 12.1 Å². The minimum absolute atomic E-state index is 0.134. The zero-order valence-corrected chi connectivity index (χ0v) is 29.8. The molecule has 1 atom stereocenters. The summed E-state index contributed by atoms with van der Waals surface area (Å²) in [6, 6.07) is 13.3. The zero-order valence-electron chi connectivity index (χ0n) is 29.0. The molecule has 0 bridgehead atoms. The number of rotatable bonds is 9. The smallest absolute Gasteiger partial charge is 0.393 e. The molecule has 3 saturated heterocycles. The topological polar surface area (TPSA) is 128 Å². The molecule has 3 aliphatic heterocycles. The lowest BCUT2D eigenvalue weighted by Gasteiger charge is -2.55. The number of nitrogen functional groups attached to an aromatic ring is 1. The Morgan fingerprint density at radius 3 is 2.34 bits per heavy atom. The molecule has 0 amide bonds. The number of fused-ring (bicyclic) bond motifs is 1. The number of aryl methyl sites for hydroxylation is 1. The monoisotopic (exact) mass is 712 g/mol. The summed E-state index contributed by atoms with van der Waals surface area (Å²) in [6.07, 6.45) is -0.580. The fourth-order valence-electron chi connectivity index (χ4n) is 8.05. The van der Waals surface area contributed by atoms with Crippen LogP contribution in [0.4, 0.5) is 18.9 Å². The lowest BCUT2D eigenvalue weighted by Crippen LogP contribution is -2.59. The molecule has 3 aromatic rings. The van der Waals surface area contributed by atoms with E-state index in [4.69, 9.17) is 11.5 Å². The molecule has 50 heavy (non-hydrogen) atoms. The summed E-state index contributed by atoms with van der Waals surface area (Å²) in [6.45, 7) is 11.4. The third-order valence-electron chi connectivity index (χ3n) is 11.1. The van der Waals surface area contributed by atoms with E-state index in [-0.39, 0.29) is 17.0 Å². The SMILES string of the molecule is Cc1c(CN2CCC3(CC2)CN(/C(=C/N)c2cc(CC(F)(F)F)ccc2N)C3)ccc2c1cc(C#N)n2CC(C)N1CCN(S(C)(=O)=O)CC1. The van der Waals surface area contributed by atoms with Crippen molar-refractivity contribution in [3.8, 4) is 6.07 Å². The van der Waals surface area contributed by atoms with Gasteiger partial charge in [-0.2, -0.15) is 22.7 Å². The van der Waals surface area contributed by atoms with Gasteiger partial charge in [0.2, 0.25) is 10.0 Å². The van der Waals surface area contributed by atoms with Gasteiger partial charge in [0.15, 0.2) is 0 Å². The number of piperidine rings is 1. The summed E-state index contributed by atoms with van der Waals surface area (Å²) in [4.78, 5) is 6.89. The number of hydrogen-bond donors (Lipinski definition) is 2. The Hall–Kier alpha value is -3.77. The quantitative estimate of drug-likeness (QED) is 0.314. The van der Waals surface area contributed by atoms with Crippen LogP contribution >= 0.6 is 0 Å². The molecule has 4 heterocycles. The van der Waals surface area contributed by atoms with Crippen molar-refractivity contribution in [1.29, 1.82) is 5.26 Å². The van der Waals surface area contributed by atoms with E-state index in [1.807, 2.05) is 6.07 Å². The minimum atomic E-state index is -4.30. The average molecular weight is 713 g/mol. The molecule has 0 radical (unpaired) electrons. The molecule has 14 heteroatoms. The Kier molecular flexibility index (Phi) is 9.91. The van der Waals surface area contributed by atoms with Gasteiger partial charge in [-0.05, 0) is 80.7 Å². The summed E-state index contributed by atoms with van der Waals surface area (Å²) in [5.41, 5.74) is 18.2. The molecular formula is C36H47F3N8O2S. The molecule has 1 unspecified atom stereocenters. The van der Waals surface area contributed by atoms with Crippen LogP contribution in [0, 0.1) is 23.7 Å². The summed E-state index contributed by atoms with van der Waals surface area (Å²) in [7, 11) is -3.20. The molecule has 0 aliphatic carbocycles. The van der Waals surface area contributed by atoms with E-state index in [2.05, 4.69) is 51.3 Å². The normalized spacial score (nSPS) is 20.3. The minimum Gasteiger partial charge on any atom is -0.403 e. The van der Waals surface area contributed by atoms with Gasteiger partial charge >= 0.3 is 6.18 Å². The Bertz CT molecular complexity index is 1910. The number of nitriles is 1. The Morgan fingerprint density at radius 2 is 1.74 bits per heavy atom. The van der Waals surface area contributed by atoms with Crippen LogP contribution in [0.1, 0.15) is 47.7 Å². The molecule has 270 valence electrons. The Labute approximate surface area is 292 Å². The van der Waals surface area contributed by atoms with E-state index >= 15 is 0 Å². The number of aromatic nitrogens is 1. The van der Waals surface area contributed by atoms with Crippen molar-refractivity contribution in [3.05, 3.63) is 70.5 Å². The predicted molar refractivity (Wildman–Crippen MR) is 190 cm³/mol. The highest BCUT2D eigenvalue weighted by Gasteiger charge is 2.46. The second kappa shape index (κ2) is 13.7. The van der Waals surface area contributed by atoms with Crippen molar-refractivity contribution in [1.82, 2.24) is 23.6 Å². The van der Waals surface area contributed by atoms with Gasteiger partial charge in [0.05, 0.1) is 18.4 Å². The number of anilines is 1. The number of likely N-dealkylation sites (tertiary alicyclic amines) is 2. The molecule has 10 nitrogen and oxygen atoms in total. The van der Waals surface area contributed by atoms with Crippen LogP contribution in [0.5, 0.6) is 0 Å². The number of sulfonamides is 1. The molecule has 1 spiro atoms. The molecule has 0 saturated carbocycles. The van der Waals surface area contributed by atoms with Gasteiger partial charge in [-0.25, -0.2) is 8.42 Å². The largest absolute Gasteiger partial charge is 0.403 e. The lowest BCUT2D eigenvalue weighted by molar-refractivity contribution is -0.127. The summed E-state index contributed by atoms with van der Waals surface area (Å²) < 4.78 is 66.6. The van der Waals surface area contributed by atoms with Crippen LogP contribution in [0.2, 0.25) is 0 Å². The third-order valence-corrected chi connectivity index (χ3v) is 12.4. The Balaban J connectivity index is 1.07. The van der Waals surface area contributed by atoms with Crippen molar-refractivity contribution >= 4 is 32.3 Å². The van der Waals surface area contributed by atoms with Crippen molar-refractivity contribution in [2.45, 2.75) is 58.4 Å². The predicted octanol–water partition coefficient (Wildman–Crippen LogP) is 4.33. The molecule has 3 fully saturated rings. The van der Waals surface area contributed by atoms with Gasteiger partial charge in [0.25, 0.3) is 0 Å². The van der Waals surface area contributed by atoms with Crippen molar-refractivity contribution in [2.24, 2.45) is 11.1 Å². The number of benzene rings is 2. The highest BCUT2D eigenvalue weighted by Crippen LogP contribution is 2.45. The number of alkyl halides is 3. The molecule has 1 aromatic heterocycles. The summed E-state index contributed by atoms with van der Waals surface area (Å²) >= 11 is 0. The fourth-order valence-corrected chi connectivity index (χ4v) is 8.87. The molecule has 6 rings (SSSR count). The number of hydrogen-bond acceptors (Lipinski definition) is 8. The first kappa shape index (κ1) is 36.0. The van der Waals surface area contributed by atoms with Crippen LogP contribution in [0.3, 0.4) is 0 Å².